The van der Waals surface area contributed by atoms with E-state index in [2.05, 4.69) is 41.5 Å². The third-order valence-electron chi connectivity index (χ3n) is 7.11. The maximum atomic E-state index is 7.56. The zero-order valence-corrected chi connectivity index (χ0v) is 18.6. The average molecular weight is 359 g/mol. The summed E-state index contributed by atoms with van der Waals surface area (Å²) >= 11 is 7.56. The highest BCUT2D eigenvalue weighted by molar-refractivity contribution is 7.21. The van der Waals surface area contributed by atoms with Crippen molar-refractivity contribution in [2.45, 2.75) is 111 Å². The SMILES string of the molecule is CCCCCC[Si](Cl)(CCCCCC)C1C(C)C(C)C(C)C1C. The van der Waals surface area contributed by atoms with Crippen molar-refractivity contribution in [3.8, 4) is 0 Å². The van der Waals surface area contributed by atoms with Crippen molar-refractivity contribution in [3.05, 3.63) is 0 Å². The minimum atomic E-state index is -1.65. The normalized spacial score (nSPS) is 31.7. The summed E-state index contributed by atoms with van der Waals surface area (Å²) in [5.41, 5.74) is 0.845. The van der Waals surface area contributed by atoms with Gasteiger partial charge in [-0.05, 0) is 41.3 Å². The van der Waals surface area contributed by atoms with Gasteiger partial charge >= 0.3 is 0 Å². The number of hydrogen-bond donors (Lipinski definition) is 0. The molecule has 2 heteroatoms. The van der Waals surface area contributed by atoms with Gasteiger partial charge in [0.15, 0.2) is 7.38 Å². The van der Waals surface area contributed by atoms with Crippen molar-refractivity contribution in [1.82, 2.24) is 0 Å². The molecule has 0 aromatic rings. The van der Waals surface area contributed by atoms with Crippen LogP contribution in [0, 0.1) is 23.7 Å². The van der Waals surface area contributed by atoms with Crippen LogP contribution in [-0.2, 0) is 0 Å². The van der Waals surface area contributed by atoms with Gasteiger partial charge in [-0.3, -0.25) is 0 Å². The van der Waals surface area contributed by atoms with E-state index < -0.39 is 7.38 Å². The Kier molecular flexibility index (Phi) is 9.83. The molecule has 0 N–H and O–H groups in total. The zero-order chi connectivity index (χ0) is 17.5. The summed E-state index contributed by atoms with van der Waals surface area (Å²) in [6, 6.07) is 2.75. The molecule has 0 spiro atoms. The molecule has 1 aliphatic carbocycles. The molecule has 0 aromatic heterocycles. The largest absolute Gasteiger partial charge is 0.167 e. The highest BCUT2D eigenvalue weighted by atomic mass is 35.6. The van der Waals surface area contributed by atoms with E-state index >= 15 is 0 Å². The number of unbranched alkanes of at least 4 members (excludes halogenated alkanes) is 6. The van der Waals surface area contributed by atoms with Crippen molar-refractivity contribution in [2.24, 2.45) is 23.7 Å². The highest BCUT2D eigenvalue weighted by Gasteiger charge is 2.52. The van der Waals surface area contributed by atoms with Crippen LogP contribution < -0.4 is 0 Å². The second-order valence-corrected chi connectivity index (χ2v) is 14.6. The van der Waals surface area contributed by atoms with Crippen molar-refractivity contribution in [2.75, 3.05) is 0 Å². The minimum Gasteiger partial charge on any atom is -0.167 e. The molecule has 0 aliphatic heterocycles. The molecule has 138 valence electrons. The lowest BCUT2D eigenvalue weighted by Crippen LogP contribution is -2.38. The lowest BCUT2D eigenvalue weighted by Gasteiger charge is -2.37. The van der Waals surface area contributed by atoms with Crippen molar-refractivity contribution in [3.63, 3.8) is 0 Å². The van der Waals surface area contributed by atoms with Gasteiger partial charge in [-0.2, -0.15) is 11.1 Å². The van der Waals surface area contributed by atoms with Gasteiger partial charge in [0, 0.05) is 0 Å². The van der Waals surface area contributed by atoms with Crippen LogP contribution in [-0.4, -0.2) is 7.38 Å². The van der Waals surface area contributed by atoms with Gasteiger partial charge in [0.05, 0.1) is 0 Å². The molecule has 0 nitrogen and oxygen atoms in total. The molecular weight excluding hydrogens is 316 g/mol. The Morgan fingerprint density at radius 2 is 1.00 bits per heavy atom. The Morgan fingerprint density at radius 1 is 0.609 bits per heavy atom. The Balaban J connectivity index is 2.76. The van der Waals surface area contributed by atoms with E-state index in [4.69, 9.17) is 11.1 Å². The predicted octanol–water partition coefficient (Wildman–Crippen LogP) is 8.26. The summed E-state index contributed by atoms with van der Waals surface area (Å²) in [6.45, 7) is 14.6. The van der Waals surface area contributed by atoms with Crippen LogP contribution in [0.1, 0.15) is 92.9 Å². The summed E-state index contributed by atoms with van der Waals surface area (Å²) in [7, 11) is -1.65. The number of halogens is 1. The second kappa shape index (κ2) is 10.5. The fraction of sp³-hybridized carbons (Fsp3) is 1.00. The molecule has 1 saturated carbocycles. The molecule has 1 aliphatic rings. The van der Waals surface area contributed by atoms with Gasteiger partial charge in [-0.1, -0.05) is 92.9 Å². The molecule has 0 heterocycles. The van der Waals surface area contributed by atoms with E-state index in [0.717, 1.165) is 29.2 Å². The Morgan fingerprint density at radius 3 is 1.35 bits per heavy atom. The monoisotopic (exact) mass is 358 g/mol. The molecule has 4 atom stereocenters. The second-order valence-electron chi connectivity index (χ2n) is 8.62. The van der Waals surface area contributed by atoms with E-state index in [-0.39, 0.29) is 0 Å². The quantitative estimate of drug-likeness (QED) is 0.198. The molecule has 1 fully saturated rings. The van der Waals surface area contributed by atoms with E-state index in [1.807, 2.05) is 0 Å². The fourth-order valence-corrected chi connectivity index (χ4v) is 12.3. The first-order valence-electron chi connectivity index (χ1n) is 10.6. The molecule has 23 heavy (non-hydrogen) atoms. The van der Waals surface area contributed by atoms with E-state index in [1.54, 1.807) is 0 Å². The van der Waals surface area contributed by atoms with Crippen LogP contribution in [0.2, 0.25) is 17.6 Å². The Bertz CT molecular complexity index is 291. The van der Waals surface area contributed by atoms with Crippen LogP contribution in [0.25, 0.3) is 0 Å². The first-order valence-corrected chi connectivity index (χ1v) is 14.1. The van der Waals surface area contributed by atoms with Crippen LogP contribution in [0.15, 0.2) is 0 Å². The molecule has 0 aromatic carbocycles. The van der Waals surface area contributed by atoms with Crippen LogP contribution in [0.5, 0.6) is 0 Å². The highest BCUT2D eigenvalue weighted by Crippen LogP contribution is 2.57. The van der Waals surface area contributed by atoms with Crippen LogP contribution in [0.3, 0.4) is 0 Å². The molecular formula is C21H43ClSi. The first kappa shape index (κ1) is 21.5. The fourth-order valence-electron chi connectivity index (χ4n) is 5.18. The third kappa shape index (κ3) is 5.77. The summed E-state index contributed by atoms with van der Waals surface area (Å²) in [6.07, 6.45) is 11.0. The van der Waals surface area contributed by atoms with Crippen LogP contribution in [0.4, 0.5) is 0 Å². The molecule has 0 radical (unpaired) electrons. The number of rotatable bonds is 11. The molecule has 4 unspecified atom stereocenters. The van der Waals surface area contributed by atoms with Crippen molar-refractivity contribution in [1.29, 1.82) is 0 Å². The zero-order valence-electron chi connectivity index (χ0n) is 16.8. The van der Waals surface area contributed by atoms with Crippen molar-refractivity contribution >= 4 is 18.5 Å². The predicted molar refractivity (Wildman–Crippen MR) is 110 cm³/mol. The topological polar surface area (TPSA) is 0 Å². The standard InChI is InChI=1S/C21H43ClSi/c1-7-9-11-13-15-23(22,16-14-12-10-8-2)21-19(5)17(3)18(4)20(21)6/h17-21H,7-16H2,1-6H3. The van der Waals surface area contributed by atoms with Gasteiger partial charge in [0.1, 0.15) is 0 Å². The Hall–Kier alpha value is 0.507. The maximum absolute atomic E-state index is 7.56. The lowest BCUT2D eigenvalue weighted by molar-refractivity contribution is 0.352. The smallest absolute Gasteiger partial charge is 0.160 e. The molecule has 0 bridgehead atoms. The average Bonchev–Trinajstić information content (AvgIpc) is 2.72. The Labute approximate surface area is 152 Å². The summed E-state index contributed by atoms with van der Waals surface area (Å²) in [4.78, 5) is 0. The van der Waals surface area contributed by atoms with E-state index in [9.17, 15) is 0 Å². The third-order valence-corrected chi connectivity index (χ3v) is 13.6. The summed E-state index contributed by atoms with van der Waals surface area (Å²) in [5, 5.41) is 0. The first-order chi connectivity index (χ1) is 10.9. The van der Waals surface area contributed by atoms with Gasteiger partial charge in [-0.15, -0.1) is 0 Å². The van der Waals surface area contributed by atoms with Crippen molar-refractivity contribution < 1.29 is 0 Å². The van der Waals surface area contributed by atoms with Gasteiger partial charge in [-0.25, -0.2) is 0 Å². The van der Waals surface area contributed by atoms with Gasteiger partial charge in [0.2, 0.25) is 0 Å². The maximum Gasteiger partial charge on any atom is 0.160 e. The van der Waals surface area contributed by atoms with Gasteiger partial charge < -0.3 is 0 Å². The van der Waals surface area contributed by atoms with E-state index in [1.165, 1.54) is 63.5 Å². The number of hydrogen-bond acceptors (Lipinski definition) is 0. The van der Waals surface area contributed by atoms with E-state index in [0.29, 0.717) is 0 Å². The molecule has 1 rings (SSSR count). The molecule has 0 amide bonds. The molecule has 0 saturated heterocycles. The minimum absolute atomic E-state index is 0.835. The summed E-state index contributed by atoms with van der Waals surface area (Å²) < 4.78 is 0. The van der Waals surface area contributed by atoms with Gasteiger partial charge in [0.25, 0.3) is 0 Å². The van der Waals surface area contributed by atoms with Crippen LogP contribution >= 0.6 is 11.1 Å². The lowest BCUT2D eigenvalue weighted by atomic mass is 9.92. The summed E-state index contributed by atoms with van der Waals surface area (Å²) in [5.74, 6) is 3.38.